The first-order chi connectivity index (χ1) is 12.8. The van der Waals surface area contributed by atoms with Crippen LogP contribution in [0.4, 0.5) is 14.5 Å². The van der Waals surface area contributed by atoms with Crippen LogP contribution in [0.5, 0.6) is 0 Å². The zero-order valence-electron chi connectivity index (χ0n) is 14.7. The minimum atomic E-state index is -0.664. The van der Waals surface area contributed by atoms with Crippen LogP contribution in [-0.2, 0) is 4.79 Å². The zero-order chi connectivity index (χ0) is 20.0. The molecule has 27 heavy (non-hydrogen) atoms. The molecule has 0 fully saturated rings. The summed E-state index contributed by atoms with van der Waals surface area (Å²) in [6, 6.07) is 9.15. The van der Waals surface area contributed by atoms with Gasteiger partial charge in [-0.15, -0.1) is 0 Å². The first-order valence-electron chi connectivity index (χ1n) is 8.25. The summed E-state index contributed by atoms with van der Waals surface area (Å²) < 4.78 is 26.6. The first kappa shape index (κ1) is 20.6. The summed E-state index contributed by atoms with van der Waals surface area (Å²) in [4.78, 5) is 24.2. The number of rotatable bonds is 7. The fourth-order valence-corrected chi connectivity index (χ4v) is 2.46. The number of carbonyl (C=O) groups is 2. The number of amides is 2. The first-order valence-corrected chi connectivity index (χ1v) is 8.63. The van der Waals surface area contributed by atoms with E-state index in [0.29, 0.717) is 17.7 Å². The lowest BCUT2D eigenvalue weighted by molar-refractivity contribution is -0.118. The van der Waals surface area contributed by atoms with Crippen LogP contribution in [0, 0.1) is 17.6 Å². The van der Waals surface area contributed by atoms with E-state index >= 15 is 0 Å². The Kier molecular flexibility index (Phi) is 7.07. The van der Waals surface area contributed by atoms with Crippen LogP contribution in [-0.4, -0.2) is 18.4 Å². The van der Waals surface area contributed by atoms with Crippen molar-refractivity contribution in [3.05, 3.63) is 76.8 Å². The summed E-state index contributed by atoms with van der Waals surface area (Å²) in [6.07, 6.45) is 0.339. The second-order valence-corrected chi connectivity index (χ2v) is 6.44. The maximum absolute atomic E-state index is 13.7. The van der Waals surface area contributed by atoms with Crippen molar-refractivity contribution in [3.63, 3.8) is 0 Å². The highest BCUT2D eigenvalue weighted by Gasteiger charge is 2.17. The fraction of sp³-hybridized carbons (Fsp3) is 0.200. The topological polar surface area (TPSA) is 58.2 Å². The smallest absolute Gasteiger partial charge is 0.254 e. The van der Waals surface area contributed by atoms with Gasteiger partial charge in [-0.3, -0.25) is 9.59 Å². The van der Waals surface area contributed by atoms with Gasteiger partial charge in [0, 0.05) is 17.3 Å². The van der Waals surface area contributed by atoms with Crippen LogP contribution >= 0.6 is 11.6 Å². The van der Waals surface area contributed by atoms with E-state index in [1.807, 2.05) is 0 Å². The van der Waals surface area contributed by atoms with Crippen molar-refractivity contribution in [3.8, 4) is 0 Å². The van der Waals surface area contributed by atoms with Crippen molar-refractivity contribution < 1.29 is 18.4 Å². The van der Waals surface area contributed by atoms with Crippen LogP contribution in [0.3, 0.4) is 0 Å². The van der Waals surface area contributed by atoms with Gasteiger partial charge < -0.3 is 10.6 Å². The van der Waals surface area contributed by atoms with E-state index in [9.17, 15) is 18.4 Å². The van der Waals surface area contributed by atoms with Crippen LogP contribution in [0.1, 0.15) is 23.7 Å². The van der Waals surface area contributed by atoms with Gasteiger partial charge in [-0.1, -0.05) is 23.8 Å². The molecule has 0 saturated heterocycles. The number of hydrogen-bond acceptors (Lipinski definition) is 2. The Labute approximate surface area is 161 Å². The molecule has 2 amide bonds. The quantitative estimate of drug-likeness (QED) is 0.678. The minimum Gasteiger partial charge on any atom is -0.352 e. The third kappa shape index (κ3) is 5.89. The Morgan fingerprint density at radius 2 is 1.81 bits per heavy atom. The number of nitrogens with one attached hydrogen (secondary N) is 2. The van der Waals surface area contributed by atoms with Crippen molar-refractivity contribution >= 4 is 29.1 Å². The van der Waals surface area contributed by atoms with Gasteiger partial charge in [0.15, 0.2) is 0 Å². The van der Waals surface area contributed by atoms with Gasteiger partial charge >= 0.3 is 0 Å². The maximum atomic E-state index is 13.7. The van der Waals surface area contributed by atoms with E-state index in [-0.39, 0.29) is 23.0 Å². The lowest BCUT2D eigenvalue weighted by atomic mass is 9.98. The van der Waals surface area contributed by atoms with Crippen LogP contribution in [0.25, 0.3) is 0 Å². The monoisotopic (exact) mass is 392 g/mol. The third-order valence-electron chi connectivity index (χ3n) is 4.02. The molecule has 2 rings (SSSR count). The van der Waals surface area contributed by atoms with Gasteiger partial charge in [0.25, 0.3) is 5.91 Å². The van der Waals surface area contributed by atoms with E-state index in [1.54, 1.807) is 6.92 Å². The van der Waals surface area contributed by atoms with Gasteiger partial charge in [0.2, 0.25) is 5.91 Å². The van der Waals surface area contributed by atoms with Crippen molar-refractivity contribution in [2.45, 2.75) is 13.3 Å². The SMILES string of the molecule is C=C(CCNC(=O)c1cc(Cl)ccc1F)[C@H](C)C(=O)Nc1ccc(F)cc1. The standard InChI is InChI=1S/C20H19ClF2N2O2/c1-12(13(2)19(26)25-16-6-4-15(22)5-7-16)9-10-24-20(27)17-11-14(21)3-8-18(17)23/h3-8,11,13H,1,9-10H2,2H3,(H,24,27)(H,25,26)/t13-/m0/s1. The van der Waals surface area contributed by atoms with E-state index in [4.69, 9.17) is 11.6 Å². The van der Waals surface area contributed by atoms with E-state index in [1.165, 1.54) is 36.4 Å². The Morgan fingerprint density at radius 3 is 2.48 bits per heavy atom. The predicted octanol–water partition coefficient (Wildman–Crippen LogP) is 4.57. The molecule has 0 aliphatic heterocycles. The Bertz CT molecular complexity index is 854. The molecule has 142 valence electrons. The summed E-state index contributed by atoms with van der Waals surface area (Å²) in [5.41, 5.74) is 0.933. The van der Waals surface area contributed by atoms with Crippen LogP contribution in [0.2, 0.25) is 5.02 Å². The molecule has 2 aromatic carbocycles. The van der Waals surface area contributed by atoms with Gasteiger partial charge in [0.1, 0.15) is 11.6 Å². The lowest BCUT2D eigenvalue weighted by Gasteiger charge is -2.15. The summed E-state index contributed by atoms with van der Waals surface area (Å²) >= 11 is 5.77. The van der Waals surface area contributed by atoms with Gasteiger partial charge in [-0.2, -0.15) is 0 Å². The molecule has 7 heteroatoms. The molecular formula is C20H19ClF2N2O2. The summed E-state index contributed by atoms with van der Waals surface area (Å²) in [7, 11) is 0. The molecule has 4 nitrogen and oxygen atoms in total. The van der Waals surface area contributed by atoms with Gasteiger partial charge in [-0.05, 0) is 55.8 Å². The normalized spacial score (nSPS) is 11.6. The Hall–Kier alpha value is -2.73. The predicted molar refractivity (Wildman–Crippen MR) is 102 cm³/mol. The highest BCUT2D eigenvalue weighted by molar-refractivity contribution is 6.31. The van der Waals surface area contributed by atoms with Crippen molar-refractivity contribution in [1.82, 2.24) is 5.32 Å². The van der Waals surface area contributed by atoms with E-state index in [0.717, 1.165) is 6.07 Å². The van der Waals surface area contributed by atoms with Crippen LogP contribution in [0.15, 0.2) is 54.6 Å². The second-order valence-electron chi connectivity index (χ2n) is 6.01. The molecule has 0 aliphatic carbocycles. The molecule has 0 heterocycles. The molecule has 0 aromatic heterocycles. The number of hydrogen-bond donors (Lipinski definition) is 2. The summed E-state index contributed by atoms with van der Waals surface area (Å²) in [5.74, 6) is -2.46. The van der Waals surface area contributed by atoms with Crippen molar-refractivity contribution in [2.24, 2.45) is 5.92 Å². The molecule has 0 radical (unpaired) electrons. The fourth-order valence-electron chi connectivity index (χ4n) is 2.29. The number of halogens is 3. The molecule has 0 saturated carbocycles. The number of carbonyl (C=O) groups excluding carboxylic acids is 2. The maximum Gasteiger partial charge on any atom is 0.254 e. The van der Waals surface area contributed by atoms with Gasteiger partial charge in [-0.25, -0.2) is 8.78 Å². The zero-order valence-corrected chi connectivity index (χ0v) is 15.4. The molecule has 0 aliphatic rings. The highest BCUT2D eigenvalue weighted by atomic mass is 35.5. The third-order valence-corrected chi connectivity index (χ3v) is 4.26. The molecule has 2 N–H and O–H groups in total. The summed E-state index contributed by atoms with van der Waals surface area (Å²) in [6.45, 7) is 5.74. The highest BCUT2D eigenvalue weighted by Crippen LogP contribution is 2.17. The molecule has 2 aromatic rings. The van der Waals surface area contributed by atoms with Crippen LogP contribution < -0.4 is 10.6 Å². The average molecular weight is 393 g/mol. The largest absolute Gasteiger partial charge is 0.352 e. The molecule has 0 bridgehead atoms. The average Bonchev–Trinajstić information content (AvgIpc) is 2.64. The number of benzene rings is 2. The number of anilines is 1. The Balaban J connectivity index is 1.83. The van der Waals surface area contributed by atoms with E-state index in [2.05, 4.69) is 17.2 Å². The second kappa shape index (κ2) is 9.28. The van der Waals surface area contributed by atoms with Crippen molar-refractivity contribution in [1.29, 1.82) is 0 Å². The van der Waals surface area contributed by atoms with E-state index < -0.39 is 23.5 Å². The van der Waals surface area contributed by atoms with Crippen molar-refractivity contribution in [2.75, 3.05) is 11.9 Å². The minimum absolute atomic E-state index is 0.143. The molecule has 0 unspecified atom stereocenters. The lowest BCUT2D eigenvalue weighted by Crippen LogP contribution is -2.27. The molecule has 0 spiro atoms. The van der Waals surface area contributed by atoms with Gasteiger partial charge in [0.05, 0.1) is 11.5 Å². The Morgan fingerprint density at radius 1 is 1.15 bits per heavy atom. The summed E-state index contributed by atoms with van der Waals surface area (Å²) in [5, 5.41) is 5.51. The molecule has 1 atom stereocenters. The molecular weight excluding hydrogens is 374 g/mol.